The maximum atomic E-state index is 9.08. The van der Waals surface area contributed by atoms with Crippen molar-refractivity contribution in [3.63, 3.8) is 0 Å². The number of aliphatic hydroxyl groups excluding tert-OH is 1. The van der Waals surface area contributed by atoms with E-state index in [2.05, 4.69) is 23.8 Å². The Morgan fingerprint density at radius 1 is 1.44 bits per heavy atom. The van der Waals surface area contributed by atoms with Gasteiger partial charge in [-0.1, -0.05) is 13.8 Å². The molecular weight excluding hydrogens is 204 g/mol. The van der Waals surface area contributed by atoms with Crippen LogP contribution in [-0.4, -0.2) is 34.3 Å². The average Bonchev–Trinajstić information content (AvgIpc) is 2.29. The summed E-state index contributed by atoms with van der Waals surface area (Å²) >= 11 is 0. The molecule has 1 aromatic rings. The smallest absolute Gasteiger partial charge is 0.227 e. The first-order chi connectivity index (χ1) is 7.72. The zero-order chi connectivity index (χ0) is 12.0. The highest BCUT2D eigenvalue weighted by Crippen LogP contribution is 2.16. The van der Waals surface area contributed by atoms with E-state index in [4.69, 9.17) is 10.8 Å². The Kier molecular flexibility index (Phi) is 4.98. The van der Waals surface area contributed by atoms with Crippen molar-refractivity contribution in [2.75, 3.05) is 23.8 Å². The van der Waals surface area contributed by atoms with Crippen molar-refractivity contribution in [2.45, 2.75) is 32.7 Å². The molecule has 0 aliphatic heterocycles. The van der Waals surface area contributed by atoms with Crippen LogP contribution in [0, 0.1) is 0 Å². The summed E-state index contributed by atoms with van der Waals surface area (Å²) in [5, 5.41) is 9.08. The maximum Gasteiger partial charge on any atom is 0.227 e. The largest absolute Gasteiger partial charge is 0.395 e. The Morgan fingerprint density at radius 3 is 2.62 bits per heavy atom. The molecule has 1 rings (SSSR count). The van der Waals surface area contributed by atoms with Gasteiger partial charge in [0.1, 0.15) is 5.82 Å². The molecule has 1 heterocycles. The Hall–Kier alpha value is -1.36. The normalized spacial score (nSPS) is 10.8. The van der Waals surface area contributed by atoms with Gasteiger partial charge in [0, 0.05) is 18.8 Å². The molecule has 90 valence electrons. The molecule has 5 nitrogen and oxygen atoms in total. The van der Waals surface area contributed by atoms with Gasteiger partial charge in [-0.05, 0) is 18.9 Å². The van der Waals surface area contributed by atoms with Crippen molar-refractivity contribution in [1.29, 1.82) is 0 Å². The SMILES string of the molecule is CCC(CC)N(CCO)c1nccc(N)n1. The van der Waals surface area contributed by atoms with E-state index in [0.717, 1.165) is 12.8 Å². The molecule has 0 aliphatic rings. The highest BCUT2D eigenvalue weighted by molar-refractivity contribution is 5.38. The third kappa shape index (κ3) is 3.06. The molecule has 0 aliphatic carbocycles. The summed E-state index contributed by atoms with van der Waals surface area (Å²) in [5.41, 5.74) is 5.64. The zero-order valence-electron chi connectivity index (χ0n) is 9.93. The highest BCUT2D eigenvalue weighted by Gasteiger charge is 2.17. The molecule has 1 aromatic heterocycles. The first kappa shape index (κ1) is 12.7. The second-order valence-corrected chi connectivity index (χ2v) is 3.67. The molecule has 0 bridgehead atoms. The van der Waals surface area contributed by atoms with Gasteiger partial charge in [-0.3, -0.25) is 0 Å². The Bertz CT molecular complexity index is 315. The number of nitrogens with two attached hydrogens (primary N) is 1. The maximum absolute atomic E-state index is 9.08. The summed E-state index contributed by atoms with van der Waals surface area (Å²) in [6.07, 6.45) is 3.63. The van der Waals surface area contributed by atoms with Crippen LogP contribution in [0.1, 0.15) is 26.7 Å². The van der Waals surface area contributed by atoms with E-state index in [-0.39, 0.29) is 6.61 Å². The number of rotatable bonds is 6. The van der Waals surface area contributed by atoms with E-state index in [1.165, 1.54) is 0 Å². The van der Waals surface area contributed by atoms with Crippen LogP contribution in [0.4, 0.5) is 11.8 Å². The molecule has 0 aromatic carbocycles. The lowest BCUT2D eigenvalue weighted by Crippen LogP contribution is -2.38. The van der Waals surface area contributed by atoms with Crippen molar-refractivity contribution in [3.05, 3.63) is 12.3 Å². The van der Waals surface area contributed by atoms with Gasteiger partial charge in [0.25, 0.3) is 0 Å². The van der Waals surface area contributed by atoms with E-state index in [0.29, 0.717) is 24.4 Å². The molecule has 0 saturated carbocycles. The zero-order valence-corrected chi connectivity index (χ0v) is 9.93. The molecule has 16 heavy (non-hydrogen) atoms. The van der Waals surface area contributed by atoms with Crippen molar-refractivity contribution in [1.82, 2.24) is 9.97 Å². The van der Waals surface area contributed by atoms with Crippen LogP contribution >= 0.6 is 0 Å². The molecular formula is C11H20N4O. The highest BCUT2D eigenvalue weighted by atomic mass is 16.3. The van der Waals surface area contributed by atoms with E-state index in [1.54, 1.807) is 12.3 Å². The van der Waals surface area contributed by atoms with Gasteiger partial charge >= 0.3 is 0 Å². The number of nitrogen functional groups attached to an aromatic ring is 1. The first-order valence-electron chi connectivity index (χ1n) is 5.68. The monoisotopic (exact) mass is 224 g/mol. The van der Waals surface area contributed by atoms with Crippen LogP contribution in [0.5, 0.6) is 0 Å². The third-order valence-electron chi connectivity index (χ3n) is 2.65. The van der Waals surface area contributed by atoms with Crippen molar-refractivity contribution >= 4 is 11.8 Å². The van der Waals surface area contributed by atoms with Gasteiger partial charge in [0.2, 0.25) is 5.95 Å². The lowest BCUT2D eigenvalue weighted by atomic mass is 10.1. The minimum absolute atomic E-state index is 0.0919. The van der Waals surface area contributed by atoms with Crippen LogP contribution in [0.15, 0.2) is 12.3 Å². The van der Waals surface area contributed by atoms with Crippen LogP contribution < -0.4 is 10.6 Å². The molecule has 0 saturated heterocycles. The number of aromatic nitrogens is 2. The fraction of sp³-hybridized carbons (Fsp3) is 0.636. The molecule has 3 N–H and O–H groups in total. The van der Waals surface area contributed by atoms with Crippen LogP contribution in [-0.2, 0) is 0 Å². The third-order valence-corrected chi connectivity index (χ3v) is 2.65. The fourth-order valence-electron chi connectivity index (χ4n) is 1.78. The van der Waals surface area contributed by atoms with Gasteiger partial charge in [-0.15, -0.1) is 0 Å². The first-order valence-corrected chi connectivity index (χ1v) is 5.68. The second kappa shape index (κ2) is 6.27. The Balaban J connectivity index is 2.91. The van der Waals surface area contributed by atoms with Crippen LogP contribution in [0.2, 0.25) is 0 Å². The predicted molar refractivity (Wildman–Crippen MR) is 65.2 cm³/mol. The molecule has 5 heteroatoms. The molecule has 0 spiro atoms. The number of anilines is 2. The van der Waals surface area contributed by atoms with Crippen molar-refractivity contribution in [3.8, 4) is 0 Å². The lowest BCUT2D eigenvalue weighted by molar-refractivity contribution is 0.295. The fourth-order valence-corrected chi connectivity index (χ4v) is 1.78. The van der Waals surface area contributed by atoms with Crippen molar-refractivity contribution in [2.24, 2.45) is 0 Å². The minimum atomic E-state index is 0.0919. The molecule has 0 unspecified atom stereocenters. The average molecular weight is 224 g/mol. The van der Waals surface area contributed by atoms with Crippen LogP contribution in [0.25, 0.3) is 0 Å². The minimum Gasteiger partial charge on any atom is -0.395 e. The predicted octanol–water partition coefficient (Wildman–Crippen LogP) is 1.05. The summed E-state index contributed by atoms with van der Waals surface area (Å²) in [5.74, 6) is 1.06. The molecule has 0 amide bonds. The standard InChI is InChI=1S/C11H20N4O/c1-3-9(4-2)15(7-8-16)11-13-6-5-10(12)14-11/h5-6,9,16H,3-4,7-8H2,1-2H3,(H2,12,13,14). The molecule has 0 radical (unpaired) electrons. The summed E-state index contributed by atoms with van der Waals surface area (Å²) in [6.45, 7) is 4.86. The number of hydrogen-bond donors (Lipinski definition) is 2. The molecule has 0 fully saturated rings. The topological polar surface area (TPSA) is 75.3 Å². The second-order valence-electron chi connectivity index (χ2n) is 3.67. The van der Waals surface area contributed by atoms with Gasteiger partial charge in [0.05, 0.1) is 6.61 Å². The van der Waals surface area contributed by atoms with Gasteiger partial charge in [-0.25, -0.2) is 4.98 Å². The van der Waals surface area contributed by atoms with E-state index >= 15 is 0 Å². The quantitative estimate of drug-likeness (QED) is 0.755. The summed E-state index contributed by atoms with van der Waals surface area (Å²) in [6, 6.07) is 2.00. The van der Waals surface area contributed by atoms with E-state index < -0.39 is 0 Å². The lowest BCUT2D eigenvalue weighted by Gasteiger charge is -2.29. The number of aliphatic hydroxyl groups is 1. The van der Waals surface area contributed by atoms with E-state index in [9.17, 15) is 0 Å². The summed E-state index contributed by atoms with van der Waals surface area (Å²) in [7, 11) is 0. The number of nitrogens with zero attached hydrogens (tertiary/aromatic N) is 3. The van der Waals surface area contributed by atoms with Gasteiger partial charge in [0.15, 0.2) is 0 Å². The Labute approximate surface area is 96.3 Å². The molecule has 0 atom stereocenters. The summed E-state index contributed by atoms with van der Waals surface area (Å²) < 4.78 is 0. The van der Waals surface area contributed by atoms with Gasteiger partial charge < -0.3 is 15.7 Å². The Morgan fingerprint density at radius 2 is 2.12 bits per heavy atom. The van der Waals surface area contributed by atoms with E-state index in [1.807, 2.05) is 4.90 Å². The van der Waals surface area contributed by atoms with Crippen LogP contribution in [0.3, 0.4) is 0 Å². The number of hydrogen-bond acceptors (Lipinski definition) is 5. The summed E-state index contributed by atoms with van der Waals surface area (Å²) in [4.78, 5) is 10.4. The van der Waals surface area contributed by atoms with Crippen molar-refractivity contribution < 1.29 is 5.11 Å². The van der Waals surface area contributed by atoms with Gasteiger partial charge in [-0.2, -0.15) is 4.98 Å².